The first-order valence-electron chi connectivity index (χ1n) is 5.93. The van der Waals surface area contributed by atoms with Crippen molar-refractivity contribution in [3.05, 3.63) is 0 Å². The number of carbonyl (C=O) groups excluding carboxylic acids is 2. The predicted octanol–water partition coefficient (Wildman–Crippen LogP) is 0.864. The normalized spacial score (nSPS) is 50.5. The third-order valence-corrected chi connectivity index (χ3v) is 4.55. The van der Waals surface area contributed by atoms with Crippen LogP contribution in [-0.4, -0.2) is 33.9 Å². The fourth-order valence-corrected chi connectivity index (χ4v) is 4.73. The number of aliphatic hydroxyl groups is 1. The highest BCUT2D eigenvalue weighted by molar-refractivity contribution is 5.39. The zero-order chi connectivity index (χ0) is 12.1. The van der Waals surface area contributed by atoms with Crippen molar-refractivity contribution in [3.8, 4) is 0 Å². The van der Waals surface area contributed by atoms with Crippen LogP contribution in [0.1, 0.15) is 38.5 Å². The summed E-state index contributed by atoms with van der Waals surface area (Å²) < 4.78 is 0. The molecule has 2 unspecified atom stereocenters. The van der Waals surface area contributed by atoms with E-state index in [1.165, 1.54) is 0 Å². The lowest BCUT2D eigenvalue weighted by Crippen LogP contribution is -2.64. The summed E-state index contributed by atoms with van der Waals surface area (Å²) in [7, 11) is 0. The molecule has 17 heavy (non-hydrogen) atoms. The number of nitrogens with zero attached hydrogens (tertiary/aromatic N) is 2. The van der Waals surface area contributed by atoms with Crippen LogP contribution in [0.15, 0.2) is 9.98 Å². The molecule has 0 aliphatic heterocycles. The van der Waals surface area contributed by atoms with E-state index >= 15 is 0 Å². The summed E-state index contributed by atoms with van der Waals surface area (Å²) in [5, 5.41) is 10.5. The van der Waals surface area contributed by atoms with Crippen molar-refractivity contribution < 1.29 is 14.7 Å². The van der Waals surface area contributed by atoms with E-state index in [-0.39, 0.29) is 0 Å². The molecular formula is C12H14N2O3. The molecule has 0 radical (unpaired) electrons. The van der Waals surface area contributed by atoms with Crippen LogP contribution < -0.4 is 0 Å². The Morgan fingerprint density at radius 3 is 1.88 bits per heavy atom. The summed E-state index contributed by atoms with van der Waals surface area (Å²) in [5.74, 6) is 0.297. The molecule has 0 aromatic rings. The van der Waals surface area contributed by atoms with Crippen molar-refractivity contribution in [1.29, 1.82) is 0 Å². The SMILES string of the molecule is O=C=NC12CC3CC(O)(C1)CC(N=C=O)(C3)C2. The number of hydrogen-bond acceptors (Lipinski definition) is 5. The number of rotatable bonds is 2. The minimum absolute atomic E-state index is 0.297. The Kier molecular flexibility index (Phi) is 2.00. The van der Waals surface area contributed by atoms with Crippen LogP contribution in [0.2, 0.25) is 0 Å². The number of aliphatic imine (C=N–C) groups is 2. The van der Waals surface area contributed by atoms with Gasteiger partial charge in [-0.2, -0.15) is 9.98 Å². The molecule has 4 aliphatic rings. The fourth-order valence-electron chi connectivity index (χ4n) is 4.73. The standard InChI is InChI=1S/C12H14N2O3/c15-7-13-10-1-9-2-11(4-10,14-8-16)6-12(17,3-9)5-10/h9,17H,1-6H2. The molecule has 4 fully saturated rings. The molecule has 5 nitrogen and oxygen atoms in total. The largest absolute Gasteiger partial charge is 0.390 e. The number of isocyanates is 2. The van der Waals surface area contributed by atoms with Gasteiger partial charge in [0.25, 0.3) is 0 Å². The van der Waals surface area contributed by atoms with E-state index in [1.54, 1.807) is 12.2 Å². The van der Waals surface area contributed by atoms with E-state index in [4.69, 9.17) is 0 Å². The van der Waals surface area contributed by atoms with E-state index in [0.717, 1.165) is 19.3 Å². The molecule has 0 aromatic heterocycles. The average molecular weight is 234 g/mol. The Hall–Kier alpha value is -1.28. The first-order chi connectivity index (χ1) is 8.03. The van der Waals surface area contributed by atoms with E-state index < -0.39 is 16.7 Å². The van der Waals surface area contributed by atoms with E-state index in [0.29, 0.717) is 25.2 Å². The Balaban J connectivity index is 2.08. The summed E-state index contributed by atoms with van der Waals surface area (Å²) in [4.78, 5) is 29.0. The summed E-state index contributed by atoms with van der Waals surface area (Å²) in [6, 6.07) is 0. The van der Waals surface area contributed by atoms with Gasteiger partial charge in [-0.1, -0.05) is 0 Å². The van der Waals surface area contributed by atoms with Gasteiger partial charge in [0.1, 0.15) is 0 Å². The van der Waals surface area contributed by atoms with Crippen molar-refractivity contribution in [2.45, 2.75) is 55.2 Å². The first-order valence-corrected chi connectivity index (χ1v) is 5.93. The Labute approximate surface area is 98.6 Å². The molecule has 0 amide bonds. The molecule has 0 heterocycles. The van der Waals surface area contributed by atoms with Crippen LogP contribution in [0, 0.1) is 5.92 Å². The molecule has 2 atom stereocenters. The highest BCUT2D eigenvalue weighted by atomic mass is 16.3. The van der Waals surface area contributed by atoms with Gasteiger partial charge in [-0.3, -0.25) is 0 Å². The topological polar surface area (TPSA) is 79.1 Å². The quantitative estimate of drug-likeness (QED) is 0.568. The molecular weight excluding hydrogens is 220 g/mol. The van der Waals surface area contributed by atoms with Crippen LogP contribution in [0.3, 0.4) is 0 Å². The van der Waals surface area contributed by atoms with E-state index in [1.807, 2.05) is 0 Å². The monoisotopic (exact) mass is 234 g/mol. The lowest BCUT2D eigenvalue weighted by Gasteiger charge is -2.61. The van der Waals surface area contributed by atoms with Gasteiger partial charge in [0.05, 0.1) is 16.7 Å². The van der Waals surface area contributed by atoms with Gasteiger partial charge in [-0.25, -0.2) is 9.59 Å². The molecule has 90 valence electrons. The highest BCUT2D eigenvalue weighted by Crippen LogP contribution is 2.61. The minimum atomic E-state index is -0.819. The molecule has 0 spiro atoms. The van der Waals surface area contributed by atoms with Crippen LogP contribution in [0.4, 0.5) is 0 Å². The second kappa shape index (κ2) is 3.14. The van der Waals surface area contributed by atoms with E-state index in [2.05, 4.69) is 9.98 Å². The highest BCUT2D eigenvalue weighted by Gasteiger charge is 2.63. The van der Waals surface area contributed by atoms with Crippen molar-refractivity contribution in [3.63, 3.8) is 0 Å². The van der Waals surface area contributed by atoms with Gasteiger partial charge < -0.3 is 5.11 Å². The smallest absolute Gasteiger partial charge is 0.235 e. The Morgan fingerprint density at radius 1 is 0.941 bits per heavy atom. The van der Waals surface area contributed by atoms with Crippen LogP contribution in [0.5, 0.6) is 0 Å². The first kappa shape index (κ1) is 10.8. The second-order valence-electron chi connectivity index (χ2n) is 6.09. The molecule has 4 rings (SSSR count). The van der Waals surface area contributed by atoms with Gasteiger partial charge in [-0.05, 0) is 31.6 Å². The van der Waals surface area contributed by atoms with Crippen molar-refractivity contribution in [1.82, 2.24) is 0 Å². The molecule has 4 aliphatic carbocycles. The van der Waals surface area contributed by atoms with Gasteiger partial charge in [0.2, 0.25) is 12.2 Å². The maximum atomic E-state index is 10.6. The minimum Gasteiger partial charge on any atom is -0.390 e. The van der Waals surface area contributed by atoms with Gasteiger partial charge in [0, 0.05) is 12.8 Å². The third kappa shape index (κ3) is 1.51. The average Bonchev–Trinajstić information content (AvgIpc) is 2.12. The molecule has 4 saturated carbocycles. The maximum Gasteiger partial charge on any atom is 0.235 e. The van der Waals surface area contributed by atoms with Crippen LogP contribution in [-0.2, 0) is 9.59 Å². The van der Waals surface area contributed by atoms with E-state index in [9.17, 15) is 14.7 Å². The summed E-state index contributed by atoms with van der Waals surface area (Å²) in [5.41, 5.74) is -1.91. The van der Waals surface area contributed by atoms with Crippen LogP contribution >= 0.6 is 0 Å². The summed E-state index contributed by atoms with van der Waals surface area (Å²) in [6.07, 6.45) is 7.17. The van der Waals surface area contributed by atoms with Crippen molar-refractivity contribution in [2.75, 3.05) is 0 Å². The third-order valence-electron chi connectivity index (χ3n) is 4.55. The zero-order valence-electron chi connectivity index (χ0n) is 9.48. The lowest BCUT2D eigenvalue weighted by molar-refractivity contribution is -0.140. The van der Waals surface area contributed by atoms with Crippen molar-refractivity contribution >= 4 is 12.2 Å². The predicted molar refractivity (Wildman–Crippen MR) is 57.8 cm³/mol. The van der Waals surface area contributed by atoms with Crippen LogP contribution in [0.25, 0.3) is 0 Å². The molecule has 1 N–H and O–H groups in total. The molecule has 0 saturated heterocycles. The summed E-state index contributed by atoms with van der Waals surface area (Å²) in [6.45, 7) is 0. The fraction of sp³-hybridized carbons (Fsp3) is 0.833. The van der Waals surface area contributed by atoms with Crippen molar-refractivity contribution in [2.24, 2.45) is 15.9 Å². The van der Waals surface area contributed by atoms with Gasteiger partial charge >= 0.3 is 0 Å². The molecule has 0 aromatic carbocycles. The lowest BCUT2D eigenvalue weighted by atomic mass is 9.48. The van der Waals surface area contributed by atoms with Gasteiger partial charge in [0.15, 0.2) is 0 Å². The summed E-state index contributed by atoms with van der Waals surface area (Å²) >= 11 is 0. The maximum absolute atomic E-state index is 10.6. The Morgan fingerprint density at radius 2 is 1.47 bits per heavy atom. The van der Waals surface area contributed by atoms with Gasteiger partial charge in [-0.15, -0.1) is 0 Å². The zero-order valence-corrected chi connectivity index (χ0v) is 9.48. The Bertz CT molecular complexity index is 428. The second-order valence-corrected chi connectivity index (χ2v) is 6.09. The molecule has 4 bridgehead atoms. The molecule has 5 heteroatoms. The number of hydrogen-bond donors (Lipinski definition) is 1.